The average molecular weight is 373 g/mol. The normalized spacial score (nSPS) is 10.7. The molecule has 0 heterocycles. The molecule has 5 heteroatoms. The van der Waals surface area contributed by atoms with E-state index < -0.39 is 0 Å². The topological polar surface area (TPSA) is 49.4 Å². The van der Waals surface area contributed by atoms with Crippen molar-refractivity contribution in [3.63, 3.8) is 0 Å². The smallest absolute Gasteiger partial charge is 0.240 e. The van der Waals surface area contributed by atoms with Gasteiger partial charge in [-0.2, -0.15) is 0 Å². The summed E-state index contributed by atoms with van der Waals surface area (Å²) in [5, 5.41) is 3.52. The first-order chi connectivity index (χ1) is 12.3. The molecule has 138 valence electrons. The SMILES string of the molecule is CC(=O)N(CC(=O)NCc1ccc(Cl)cc1)c1c(C)cccc1C(C)C. The number of benzene rings is 2. The third-order valence-electron chi connectivity index (χ3n) is 4.25. The second kappa shape index (κ2) is 8.86. The van der Waals surface area contributed by atoms with Gasteiger partial charge in [-0.1, -0.05) is 55.8 Å². The highest BCUT2D eigenvalue weighted by molar-refractivity contribution is 6.30. The third-order valence-corrected chi connectivity index (χ3v) is 4.50. The molecular formula is C21H25ClN2O2. The number of carbonyl (C=O) groups is 2. The summed E-state index contributed by atoms with van der Waals surface area (Å²) in [4.78, 5) is 26.2. The molecule has 0 bridgehead atoms. The lowest BCUT2D eigenvalue weighted by Crippen LogP contribution is -2.40. The Balaban J connectivity index is 2.15. The highest BCUT2D eigenvalue weighted by atomic mass is 35.5. The number of halogens is 1. The van der Waals surface area contributed by atoms with Crippen molar-refractivity contribution in [1.29, 1.82) is 0 Å². The van der Waals surface area contributed by atoms with E-state index in [1.807, 2.05) is 37.3 Å². The molecule has 2 aromatic carbocycles. The summed E-state index contributed by atoms with van der Waals surface area (Å²) < 4.78 is 0. The molecule has 0 unspecified atom stereocenters. The van der Waals surface area contributed by atoms with Crippen LogP contribution in [0.25, 0.3) is 0 Å². The Labute approximate surface area is 160 Å². The number of aryl methyl sites for hydroxylation is 1. The van der Waals surface area contributed by atoms with Crippen LogP contribution in [0.1, 0.15) is 43.4 Å². The van der Waals surface area contributed by atoms with E-state index in [0.717, 1.165) is 22.4 Å². The Hall–Kier alpha value is -2.33. The fraction of sp³-hybridized carbons (Fsp3) is 0.333. The number of nitrogens with zero attached hydrogens (tertiary/aromatic N) is 1. The Morgan fingerprint density at radius 2 is 1.77 bits per heavy atom. The van der Waals surface area contributed by atoms with E-state index in [0.29, 0.717) is 11.6 Å². The van der Waals surface area contributed by atoms with Gasteiger partial charge in [-0.3, -0.25) is 9.59 Å². The van der Waals surface area contributed by atoms with E-state index in [1.54, 1.807) is 17.0 Å². The molecule has 26 heavy (non-hydrogen) atoms. The summed E-state index contributed by atoms with van der Waals surface area (Å²) in [6.45, 7) is 8.00. The minimum atomic E-state index is -0.201. The number of hydrogen-bond donors (Lipinski definition) is 1. The predicted molar refractivity (Wildman–Crippen MR) is 107 cm³/mol. The first-order valence-corrected chi connectivity index (χ1v) is 9.06. The van der Waals surface area contributed by atoms with E-state index in [1.165, 1.54) is 6.92 Å². The van der Waals surface area contributed by atoms with Gasteiger partial charge in [0.1, 0.15) is 6.54 Å². The van der Waals surface area contributed by atoms with Crippen molar-refractivity contribution in [3.8, 4) is 0 Å². The van der Waals surface area contributed by atoms with E-state index in [-0.39, 0.29) is 24.3 Å². The molecule has 0 spiro atoms. The van der Waals surface area contributed by atoms with Gasteiger partial charge in [-0.15, -0.1) is 0 Å². The maximum atomic E-state index is 12.4. The minimum absolute atomic E-state index is 0.00645. The first kappa shape index (κ1) is 20.0. The number of amides is 2. The predicted octanol–water partition coefficient (Wildman–Crippen LogP) is 4.44. The second-order valence-electron chi connectivity index (χ2n) is 6.68. The summed E-state index contributed by atoms with van der Waals surface area (Å²) >= 11 is 5.87. The number of carbonyl (C=O) groups excluding carboxylic acids is 2. The third kappa shape index (κ3) is 5.09. The van der Waals surface area contributed by atoms with Crippen LogP contribution in [0.15, 0.2) is 42.5 Å². The van der Waals surface area contributed by atoms with Crippen LogP contribution < -0.4 is 10.2 Å². The lowest BCUT2D eigenvalue weighted by molar-refractivity contribution is -0.123. The van der Waals surface area contributed by atoms with E-state index in [2.05, 4.69) is 19.2 Å². The number of anilines is 1. The number of nitrogens with one attached hydrogen (secondary N) is 1. The van der Waals surface area contributed by atoms with Crippen molar-refractivity contribution in [2.75, 3.05) is 11.4 Å². The maximum Gasteiger partial charge on any atom is 0.240 e. The molecular weight excluding hydrogens is 348 g/mol. The lowest BCUT2D eigenvalue weighted by Gasteiger charge is -2.27. The van der Waals surface area contributed by atoms with E-state index in [4.69, 9.17) is 11.6 Å². The van der Waals surface area contributed by atoms with Crippen LogP contribution in [0.4, 0.5) is 5.69 Å². The Morgan fingerprint density at radius 1 is 1.12 bits per heavy atom. The van der Waals surface area contributed by atoms with Crippen LogP contribution in [0.2, 0.25) is 5.02 Å². The van der Waals surface area contributed by atoms with Crippen molar-refractivity contribution in [2.45, 2.75) is 40.2 Å². The molecule has 0 radical (unpaired) electrons. The van der Waals surface area contributed by atoms with Gasteiger partial charge in [-0.25, -0.2) is 0 Å². The van der Waals surface area contributed by atoms with Crippen LogP contribution >= 0.6 is 11.6 Å². The monoisotopic (exact) mass is 372 g/mol. The molecule has 4 nitrogen and oxygen atoms in total. The fourth-order valence-corrected chi connectivity index (χ4v) is 2.99. The second-order valence-corrected chi connectivity index (χ2v) is 7.11. The van der Waals surface area contributed by atoms with Crippen LogP contribution in [-0.2, 0) is 16.1 Å². The van der Waals surface area contributed by atoms with Crippen LogP contribution in [-0.4, -0.2) is 18.4 Å². The Bertz CT molecular complexity index is 785. The lowest BCUT2D eigenvalue weighted by atomic mass is 9.97. The van der Waals surface area contributed by atoms with Crippen molar-refractivity contribution < 1.29 is 9.59 Å². The van der Waals surface area contributed by atoms with Gasteiger partial charge in [0.25, 0.3) is 0 Å². The zero-order chi connectivity index (χ0) is 19.3. The molecule has 0 saturated heterocycles. The molecule has 1 N–H and O–H groups in total. The summed E-state index contributed by atoms with van der Waals surface area (Å²) in [5.41, 5.74) is 3.83. The Morgan fingerprint density at radius 3 is 2.35 bits per heavy atom. The van der Waals surface area contributed by atoms with Crippen molar-refractivity contribution in [1.82, 2.24) is 5.32 Å². The average Bonchev–Trinajstić information content (AvgIpc) is 2.59. The zero-order valence-electron chi connectivity index (χ0n) is 15.7. The summed E-state index contributed by atoms with van der Waals surface area (Å²) in [6.07, 6.45) is 0. The van der Waals surface area contributed by atoms with Gasteiger partial charge < -0.3 is 10.2 Å². The summed E-state index contributed by atoms with van der Waals surface area (Å²) in [5.74, 6) is -0.0974. The highest BCUT2D eigenvalue weighted by Crippen LogP contribution is 2.31. The molecule has 0 fully saturated rings. The molecule has 2 aromatic rings. The van der Waals surface area contributed by atoms with Gasteiger partial charge in [0.2, 0.25) is 11.8 Å². The molecule has 0 aliphatic carbocycles. The molecule has 2 rings (SSSR count). The summed E-state index contributed by atoms with van der Waals surface area (Å²) in [7, 11) is 0. The van der Waals surface area contributed by atoms with Gasteiger partial charge in [-0.05, 0) is 41.7 Å². The molecule has 0 aliphatic rings. The largest absolute Gasteiger partial charge is 0.350 e. The zero-order valence-corrected chi connectivity index (χ0v) is 16.4. The van der Waals surface area contributed by atoms with Crippen molar-refractivity contribution >= 4 is 29.1 Å². The van der Waals surface area contributed by atoms with Gasteiger partial charge in [0.05, 0.1) is 5.69 Å². The van der Waals surface area contributed by atoms with E-state index in [9.17, 15) is 9.59 Å². The van der Waals surface area contributed by atoms with Crippen LogP contribution in [0, 0.1) is 6.92 Å². The minimum Gasteiger partial charge on any atom is -0.350 e. The van der Waals surface area contributed by atoms with Crippen molar-refractivity contribution in [3.05, 3.63) is 64.2 Å². The van der Waals surface area contributed by atoms with Crippen LogP contribution in [0.3, 0.4) is 0 Å². The van der Waals surface area contributed by atoms with E-state index >= 15 is 0 Å². The molecule has 2 amide bonds. The van der Waals surface area contributed by atoms with Crippen LogP contribution in [0.5, 0.6) is 0 Å². The number of rotatable bonds is 6. The summed E-state index contributed by atoms with van der Waals surface area (Å²) in [6, 6.07) is 13.2. The van der Waals surface area contributed by atoms with Gasteiger partial charge in [0, 0.05) is 18.5 Å². The highest BCUT2D eigenvalue weighted by Gasteiger charge is 2.21. The molecule has 0 aromatic heterocycles. The number of hydrogen-bond acceptors (Lipinski definition) is 2. The Kier molecular flexibility index (Phi) is 6.81. The first-order valence-electron chi connectivity index (χ1n) is 8.68. The van der Waals surface area contributed by atoms with Crippen molar-refractivity contribution in [2.24, 2.45) is 0 Å². The molecule has 0 aliphatic heterocycles. The quantitative estimate of drug-likeness (QED) is 0.814. The fourth-order valence-electron chi connectivity index (χ4n) is 2.87. The van der Waals surface area contributed by atoms with Gasteiger partial charge in [0.15, 0.2) is 0 Å². The standard InChI is InChI=1S/C21H25ClN2O2/c1-14(2)19-7-5-6-15(3)21(19)24(16(4)25)13-20(26)23-12-17-8-10-18(22)11-9-17/h5-11,14H,12-13H2,1-4H3,(H,23,26). The molecule has 0 saturated carbocycles. The maximum absolute atomic E-state index is 12.4. The number of para-hydroxylation sites is 1. The molecule has 0 atom stereocenters. The van der Waals surface area contributed by atoms with Gasteiger partial charge >= 0.3 is 0 Å².